The third-order valence-corrected chi connectivity index (χ3v) is 5.18. The van der Waals surface area contributed by atoms with E-state index in [0.29, 0.717) is 29.2 Å². The van der Waals surface area contributed by atoms with Crippen LogP contribution in [0.15, 0.2) is 45.1 Å². The van der Waals surface area contributed by atoms with E-state index in [0.717, 1.165) is 22.1 Å². The number of cyclic esters (lactones) is 1. The lowest BCUT2D eigenvalue weighted by atomic mass is 9.82. The molecule has 1 unspecified atom stereocenters. The lowest BCUT2D eigenvalue weighted by molar-refractivity contribution is -0.136. The highest BCUT2D eigenvalue weighted by Crippen LogP contribution is 2.42. The molecule has 2 aromatic rings. The van der Waals surface area contributed by atoms with Crippen molar-refractivity contribution in [3.05, 3.63) is 73.1 Å². The highest BCUT2D eigenvalue weighted by atomic mass is 16.5. The maximum atomic E-state index is 13.1. The molecule has 0 amide bonds. The van der Waals surface area contributed by atoms with E-state index in [2.05, 4.69) is 5.32 Å². The summed E-state index contributed by atoms with van der Waals surface area (Å²) in [5.41, 5.74) is 2.62. The van der Waals surface area contributed by atoms with Crippen LogP contribution in [0.2, 0.25) is 0 Å². The largest absolute Gasteiger partial charge is 0.456 e. The fourth-order valence-corrected chi connectivity index (χ4v) is 3.81. The highest BCUT2D eigenvalue weighted by Gasteiger charge is 2.41. The fourth-order valence-electron chi connectivity index (χ4n) is 3.81. The molecule has 0 fully saturated rings. The van der Waals surface area contributed by atoms with E-state index < -0.39 is 17.4 Å². The molecule has 2 aliphatic heterocycles. The van der Waals surface area contributed by atoms with E-state index in [-0.39, 0.29) is 12.3 Å². The zero-order valence-electron chi connectivity index (χ0n) is 15.5. The standard InChI is InChI=1S/C20H21N3O4/c1-4-9-23-17-16(18(24)22(3)20(23)26)14(12-7-5-11(2)6-8-12)15-13(21-17)10-27-19(15)25/h5-8,14,21H,4,9-10H2,1-3H3. The van der Waals surface area contributed by atoms with Crippen LogP contribution < -0.4 is 16.6 Å². The second-order valence-electron chi connectivity index (χ2n) is 7.00. The van der Waals surface area contributed by atoms with Crippen molar-refractivity contribution in [2.45, 2.75) is 32.7 Å². The summed E-state index contributed by atoms with van der Waals surface area (Å²) in [6.45, 7) is 4.54. The summed E-state index contributed by atoms with van der Waals surface area (Å²) in [5, 5.41) is 3.15. The Kier molecular flexibility index (Phi) is 4.02. The highest BCUT2D eigenvalue weighted by molar-refractivity contribution is 5.96. The van der Waals surface area contributed by atoms with Crippen LogP contribution in [-0.2, 0) is 23.1 Å². The summed E-state index contributed by atoms with van der Waals surface area (Å²) >= 11 is 0. The molecule has 140 valence electrons. The maximum Gasteiger partial charge on any atom is 0.337 e. The van der Waals surface area contributed by atoms with Crippen molar-refractivity contribution in [1.82, 2.24) is 9.13 Å². The Bertz CT molecular complexity index is 1090. The molecule has 0 aliphatic carbocycles. The van der Waals surface area contributed by atoms with E-state index in [9.17, 15) is 14.4 Å². The van der Waals surface area contributed by atoms with E-state index >= 15 is 0 Å². The molecule has 0 bridgehead atoms. The number of fused-ring (bicyclic) bond motifs is 1. The quantitative estimate of drug-likeness (QED) is 0.834. The van der Waals surface area contributed by atoms with Crippen LogP contribution in [0.5, 0.6) is 0 Å². The van der Waals surface area contributed by atoms with Gasteiger partial charge >= 0.3 is 11.7 Å². The van der Waals surface area contributed by atoms with Crippen LogP contribution in [-0.4, -0.2) is 21.7 Å². The first-order valence-electron chi connectivity index (χ1n) is 9.01. The van der Waals surface area contributed by atoms with Gasteiger partial charge in [-0.2, -0.15) is 0 Å². The van der Waals surface area contributed by atoms with Crippen molar-refractivity contribution in [1.29, 1.82) is 0 Å². The molecular formula is C20H21N3O4. The third kappa shape index (κ3) is 2.53. The van der Waals surface area contributed by atoms with Crippen LogP contribution in [0.3, 0.4) is 0 Å². The average molecular weight is 367 g/mol. The summed E-state index contributed by atoms with van der Waals surface area (Å²) in [6.07, 6.45) is 0.739. The van der Waals surface area contributed by atoms with Crippen LogP contribution in [0, 0.1) is 6.92 Å². The van der Waals surface area contributed by atoms with Crippen molar-refractivity contribution in [3.63, 3.8) is 0 Å². The number of anilines is 1. The molecule has 1 N–H and O–H groups in total. The van der Waals surface area contributed by atoms with Gasteiger partial charge in [-0.05, 0) is 18.9 Å². The van der Waals surface area contributed by atoms with E-state index in [1.165, 1.54) is 7.05 Å². The predicted molar refractivity (Wildman–Crippen MR) is 101 cm³/mol. The molecular weight excluding hydrogens is 346 g/mol. The number of benzene rings is 1. The Hall–Kier alpha value is -3.09. The Balaban J connectivity index is 2.06. The number of carbonyl (C=O) groups excluding carboxylic acids is 1. The number of aryl methyl sites for hydroxylation is 1. The Morgan fingerprint density at radius 1 is 1.19 bits per heavy atom. The lowest BCUT2D eigenvalue weighted by Crippen LogP contribution is -2.44. The Morgan fingerprint density at radius 3 is 2.56 bits per heavy atom. The van der Waals surface area contributed by atoms with Gasteiger partial charge in [0.05, 0.1) is 22.8 Å². The fraction of sp³-hybridized carbons (Fsp3) is 0.350. The second-order valence-corrected chi connectivity index (χ2v) is 7.00. The average Bonchev–Trinajstić information content (AvgIpc) is 3.03. The van der Waals surface area contributed by atoms with E-state index in [1.54, 1.807) is 4.57 Å². The number of nitrogens with one attached hydrogen (secondary N) is 1. The van der Waals surface area contributed by atoms with Crippen molar-refractivity contribution in [2.24, 2.45) is 7.05 Å². The van der Waals surface area contributed by atoms with Gasteiger partial charge < -0.3 is 10.1 Å². The number of hydrogen-bond acceptors (Lipinski definition) is 5. The van der Waals surface area contributed by atoms with Gasteiger partial charge in [0.15, 0.2) is 0 Å². The number of nitrogens with zero attached hydrogens (tertiary/aromatic N) is 2. The molecule has 7 nitrogen and oxygen atoms in total. The first kappa shape index (κ1) is 17.3. The Morgan fingerprint density at radius 2 is 1.89 bits per heavy atom. The van der Waals surface area contributed by atoms with Gasteiger partial charge in [-0.1, -0.05) is 36.8 Å². The normalized spacial score (nSPS) is 18.0. The molecule has 27 heavy (non-hydrogen) atoms. The number of carbonyl (C=O) groups is 1. The predicted octanol–water partition coefficient (Wildman–Crippen LogP) is 1.63. The van der Waals surface area contributed by atoms with Crippen LogP contribution in [0.4, 0.5) is 5.82 Å². The second kappa shape index (κ2) is 6.26. The minimum atomic E-state index is -0.561. The van der Waals surface area contributed by atoms with E-state index in [4.69, 9.17) is 4.74 Å². The van der Waals surface area contributed by atoms with Gasteiger partial charge in [0.2, 0.25) is 0 Å². The summed E-state index contributed by atoms with van der Waals surface area (Å²) in [7, 11) is 1.47. The molecule has 1 aromatic heterocycles. The number of rotatable bonds is 3. The zero-order chi connectivity index (χ0) is 19.3. The number of ether oxygens (including phenoxy) is 1. The number of esters is 1. The monoisotopic (exact) mass is 367 g/mol. The van der Waals surface area contributed by atoms with Crippen LogP contribution >= 0.6 is 0 Å². The molecule has 1 atom stereocenters. The molecule has 3 heterocycles. The number of hydrogen-bond donors (Lipinski definition) is 1. The summed E-state index contributed by atoms with van der Waals surface area (Å²) in [6, 6.07) is 7.73. The first-order valence-corrected chi connectivity index (χ1v) is 9.01. The van der Waals surface area contributed by atoms with Crippen molar-refractivity contribution >= 4 is 11.8 Å². The van der Waals surface area contributed by atoms with Gasteiger partial charge in [-0.15, -0.1) is 0 Å². The van der Waals surface area contributed by atoms with Gasteiger partial charge in [-0.3, -0.25) is 13.9 Å². The molecule has 0 saturated heterocycles. The number of aromatic nitrogens is 2. The minimum Gasteiger partial charge on any atom is -0.456 e. The van der Waals surface area contributed by atoms with Crippen LogP contribution in [0.1, 0.15) is 36.0 Å². The lowest BCUT2D eigenvalue weighted by Gasteiger charge is -2.29. The molecule has 4 rings (SSSR count). The minimum absolute atomic E-state index is 0.117. The molecule has 7 heteroatoms. The topological polar surface area (TPSA) is 82.3 Å². The first-order chi connectivity index (χ1) is 12.9. The Labute approximate surface area is 155 Å². The zero-order valence-corrected chi connectivity index (χ0v) is 15.5. The molecule has 0 radical (unpaired) electrons. The molecule has 1 aromatic carbocycles. The molecule has 2 aliphatic rings. The molecule has 0 saturated carbocycles. The van der Waals surface area contributed by atoms with Crippen molar-refractivity contribution < 1.29 is 9.53 Å². The van der Waals surface area contributed by atoms with Gasteiger partial charge in [0, 0.05) is 13.6 Å². The summed E-state index contributed by atoms with van der Waals surface area (Å²) in [4.78, 5) is 38.2. The smallest absolute Gasteiger partial charge is 0.337 e. The maximum absolute atomic E-state index is 13.1. The van der Waals surface area contributed by atoms with Gasteiger partial charge in [0.1, 0.15) is 12.4 Å². The van der Waals surface area contributed by atoms with Crippen molar-refractivity contribution in [2.75, 3.05) is 11.9 Å². The van der Waals surface area contributed by atoms with Crippen LogP contribution in [0.25, 0.3) is 0 Å². The van der Waals surface area contributed by atoms with E-state index in [1.807, 2.05) is 38.1 Å². The molecule has 0 spiro atoms. The van der Waals surface area contributed by atoms with Gasteiger partial charge in [0.25, 0.3) is 5.56 Å². The van der Waals surface area contributed by atoms with Gasteiger partial charge in [-0.25, -0.2) is 9.59 Å². The third-order valence-electron chi connectivity index (χ3n) is 5.18. The SMILES string of the molecule is CCCn1c2c(c(=O)n(C)c1=O)C(c1ccc(C)cc1)C1=C(COC1=O)N2. The summed E-state index contributed by atoms with van der Waals surface area (Å²) < 4.78 is 7.92. The summed E-state index contributed by atoms with van der Waals surface area (Å²) in [5.74, 6) is -0.522. The van der Waals surface area contributed by atoms with Crippen molar-refractivity contribution in [3.8, 4) is 0 Å².